The first kappa shape index (κ1) is 24.7. The molecule has 0 radical (unpaired) electrons. The number of nitrogens with two attached hydrogens (primary N) is 2. The van der Waals surface area contributed by atoms with Gasteiger partial charge in [0.05, 0.1) is 18.4 Å². The first-order valence-corrected chi connectivity index (χ1v) is 13.2. The van der Waals surface area contributed by atoms with E-state index in [2.05, 4.69) is 27.3 Å². The molecule has 3 aliphatic rings. The van der Waals surface area contributed by atoms with Crippen molar-refractivity contribution in [3.05, 3.63) is 40.4 Å². The highest BCUT2D eigenvalue weighted by Gasteiger charge is 2.27. The SMILES string of the molecule is NCCCN1CCCC(n2cc3c(nc2=O)Nc2cc(C4CCN(C(=O)CN)CC4)ccc2O3)CC1. The molecule has 194 valence electrons. The largest absolute Gasteiger partial charge is 0.450 e. The third-order valence-corrected chi connectivity index (χ3v) is 7.75. The first-order valence-electron chi connectivity index (χ1n) is 13.2. The number of nitrogens with zero attached hydrogens (tertiary/aromatic N) is 4. The second-order valence-corrected chi connectivity index (χ2v) is 10.1. The standard InChI is InChI=1S/C26H37N7O3/c27-9-2-11-31-10-1-3-20(8-12-31)33-17-23-25(30-26(33)35)29-21-15-19(4-5-22(21)36-23)18-6-13-32(14-7-18)24(34)16-28/h4-5,15,17-18,20H,1-3,6-14,16,27-28H2,(H,29,30,35). The van der Waals surface area contributed by atoms with E-state index in [-0.39, 0.29) is 24.2 Å². The number of fused-ring (bicyclic) bond motifs is 2. The molecule has 0 spiro atoms. The maximum absolute atomic E-state index is 13.0. The third kappa shape index (κ3) is 5.25. The van der Waals surface area contributed by atoms with Crippen molar-refractivity contribution >= 4 is 17.4 Å². The minimum absolute atomic E-state index is 0.00932. The number of likely N-dealkylation sites (tertiary alicyclic amines) is 2. The quantitative estimate of drug-likeness (QED) is 0.474. The molecule has 36 heavy (non-hydrogen) atoms. The molecule has 1 amide bonds. The van der Waals surface area contributed by atoms with Crippen molar-refractivity contribution < 1.29 is 9.53 Å². The fourth-order valence-corrected chi connectivity index (χ4v) is 5.66. The van der Waals surface area contributed by atoms with Crippen LogP contribution in [0.5, 0.6) is 11.5 Å². The molecule has 10 nitrogen and oxygen atoms in total. The van der Waals surface area contributed by atoms with Gasteiger partial charge in [0.25, 0.3) is 0 Å². The summed E-state index contributed by atoms with van der Waals surface area (Å²) in [6.07, 6.45) is 7.52. The van der Waals surface area contributed by atoms with Crippen LogP contribution in [0.15, 0.2) is 29.2 Å². The summed E-state index contributed by atoms with van der Waals surface area (Å²) in [5, 5.41) is 3.32. The molecule has 5 N–H and O–H groups in total. The van der Waals surface area contributed by atoms with E-state index in [9.17, 15) is 9.59 Å². The van der Waals surface area contributed by atoms with E-state index in [1.54, 1.807) is 4.57 Å². The van der Waals surface area contributed by atoms with Crippen LogP contribution in [0.1, 0.15) is 56.0 Å². The Labute approximate surface area is 211 Å². The summed E-state index contributed by atoms with van der Waals surface area (Å²) in [6, 6.07) is 6.27. The van der Waals surface area contributed by atoms with Gasteiger partial charge in [-0.05, 0) is 81.8 Å². The van der Waals surface area contributed by atoms with Crippen molar-refractivity contribution in [2.24, 2.45) is 11.5 Å². The summed E-state index contributed by atoms with van der Waals surface area (Å²) in [7, 11) is 0. The number of carbonyl (C=O) groups is 1. The van der Waals surface area contributed by atoms with Gasteiger partial charge in [0, 0.05) is 25.7 Å². The van der Waals surface area contributed by atoms with Crippen molar-refractivity contribution in [1.82, 2.24) is 19.4 Å². The maximum atomic E-state index is 13.0. The first-order chi connectivity index (χ1) is 17.6. The topological polar surface area (TPSA) is 132 Å². The minimum atomic E-state index is -0.248. The summed E-state index contributed by atoms with van der Waals surface area (Å²) in [5.74, 6) is 2.13. The summed E-state index contributed by atoms with van der Waals surface area (Å²) in [6.45, 7) is 5.22. The highest BCUT2D eigenvalue weighted by molar-refractivity contribution is 5.78. The van der Waals surface area contributed by atoms with E-state index in [0.717, 1.165) is 82.7 Å². The van der Waals surface area contributed by atoms with Crippen LogP contribution in [0.4, 0.5) is 11.5 Å². The Balaban J connectivity index is 1.28. The van der Waals surface area contributed by atoms with Crippen LogP contribution in [0.3, 0.4) is 0 Å². The molecule has 1 unspecified atom stereocenters. The highest BCUT2D eigenvalue weighted by atomic mass is 16.5. The fraction of sp³-hybridized carbons (Fsp3) is 0.577. The van der Waals surface area contributed by atoms with Crippen LogP contribution in [-0.4, -0.2) is 71.1 Å². The van der Waals surface area contributed by atoms with Crippen molar-refractivity contribution in [2.75, 3.05) is 51.1 Å². The molecular weight excluding hydrogens is 458 g/mol. The van der Waals surface area contributed by atoms with Gasteiger partial charge in [-0.3, -0.25) is 9.36 Å². The van der Waals surface area contributed by atoms with E-state index in [1.165, 1.54) is 5.56 Å². The molecule has 1 aromatic carbocycles. The average Bonchev–Trinajstić information content (AvgIpc) is 3.15. The van der Waals surface area contributed by atoms with E-state index < -0.39 is 0 Å². The normalized spacial score (nSPS) is 20.6. The lowest BCUT2D eigenvalue weighted by molar-refractivity contribution is -0.130. The zero-order chi connectivity index (χ0) is 25.1. The fourth-order valence-electron chi connectivity index (χ4n) is 5.66. The number of ether oxygens (including phenoxy) is 1. The van der Waals surface area contributed by atoms with E-state index in [1.807, 2.05) is 17.2 Å². The Morgan fingerprint density at radius 3 is 2.69 bits per heavy atom. The summed E-state index contributed by atoms with van der Waals surface area (Å²) in [4.78, 5) is 33.5. The molecule has 2 saturated heterocycles. The van der Waals surface area contributed by atoms with Gasteiger partial charge in [-0.2, -0.15) is 4.98 Å². The van der Waals surface area contributed by atoms with Crippen LogP contribution in [-0.2, 0) is 4.79 Å². The summed E-state index contributed by atoms with van der Waals surface area (Å²) in [5.41, 5.74) is 12.9. The summed E-state index contributed by atoms with van der Waals surface area (Å²) < 4.78 is 7.95. The van der Waals surface area contributed by atoms with Crippen molar-refractivity contribution in [2.45, 2.75) is 50.5 Å². The predicted molar refractivity (Wildman–Crippen MR) is 139 cm³/mol. The lowest BCUT2D eigenvalue weighted by Gasteiger charge is -2.32. The Morgan fingerprint density at radius 2 is 1.92 bits per heavy atom. The third-order valence-electron chi connectivity index (χ3n) is 7.75. The van der Waals surface area contributed by atoms with Crippen molar-refractivity contribution in [3.63, 3.8) is 0 Å². The number of aromatic nitrogens is 2. The van der Waals surface area contributed by atoms with Gasteiger partial charge >= 0.3 is 5.69 Å². The Hall–Kier alpha value is -2.95. The molecular formula is C26H37N7O3. The van der Waals surface area contributed by atoms with Gasteiger partial charge in [-0.25, -0.2) is 4.79 Å². The number of carbonyl (C=O) groups excluding carboxylic acids is 1. The number of hydrogen-bond donors (Lipinski definition) is 3. The van der Waals surface area contributed by atoms with Gasteiger partial charge < -0.3 is 31.3 Å². The molecule has 3 aliphatic heterocycles. The molecule has 0 bridgehead atoms. The van der Waals surface area contributed by atoms with Gasteiger partial charge in [-0.1, -0.05) is 6.07 Å². The Kier molecular flexibility index (Phi) is 7.54. The van der Waals surface area contributed by atoms with Crippen LogP contribution < -0.4 is 27.2 Å². The lowest BCUT2D eigenvalue weighted by atomic mass is 9.89. The van der Waals surface area contributed by atoms with Crippen LogP contribution in [0.25, 0.3) is 0 Å². The number of rotatable bonds is 6. The lowest BCUT2D eigenvalue weighted by Crippen LogP contribution is -2.41. The van der Waals surface area contributed by atoms with E-state index in [4.69, 9.17) is 16.2 Å². The molecule has 0 saturated carbocycles. The average molecular weight is 496 g/mol. The number of amides is 1. The number of hydrogen-bond acceptors (Lipinski definition) is 8. The molecule has 10 heteroatoms. The minimum Gasteiger partial charge on any atom is -0.450 e. The molecule has 2 fully saturated rings. The Morgan fingerprint density at radius 1 is 1.08 bits per heavy atom. The predicted octanol–water partition coefficient (Wildman–Crippen LogP) is 2.13. The van der Waals surface area contributed by atoms with Gasteiger partial charge in [-0.15, -0.1) is 0 Å². The number of anilines is 2. The molecule has 5 rings (SSSR count). The summed E-state index contributed by atoms with van der Waals surface area (Å²) >= 11 is 0. The zero-order valence-electron chi connectivity index (χ0n) is 20.8. The smallest absolute Gasteiger partial charge is 0.350 e. The monoisotopic (exact) mass is 495 g/mol. The molecule has 0 aliphatic carbocycles. The van der Waals surface area contributed by atoms with E-state index >= 15 is 0 Å². The van der Waals surface area contributed by atoms with Gasteiger partial charge in [0.15, 0.2) is 17.3 Å². The number of nitrogens with one attached hydrogen (secondary N) is 1. The van der Waals surface area contributed by atoms with Crippen LogP contribution in [0, 0.1) is 0 Å². The van der Waals surface area contributed by atoms with E-state index in [0.29, 0.717) is 24.0 Å². The second-order valence-electron chi connectivity index (χ2n) is 10.1. The van der Waals surface area contributed by atoms with Crippen molar-refractivity contribution in [1.29, 1.82) is 0 Å². The number of benzene rings is 1. The second kappa shape index (κ2) is 11.0. The molecule has 4 heterocycles. The van der Waals surface area contributed by atoms with Crippen molar-refractivity contribution in [3.8, 4) is 11.5 Å². The number of piperidine rings is 1. The molecule has 1 aromatic heterocycles. The molecule has 2 aromatic rings. The van der Waals surface area contributed by atoms with Crippen LogP contribution in [0.2, 0.25) is 0 Å². The molecule has 1 atom stereocenters. The van der Waals surface area contributed by atoms with Gasteiger partial charge in [0.2, 0.25) is 5.91 Å². The van der Waals surface area contributed by atoms with Gasteiger partial charge in [0.1, 0.15) is 0 Å². The highest BCUT2D eigenvalue weighted by Crippen LogP contribution is 2.42. The van der Waals surface area contributed by atoms with Crippen LogP contribution >= 0.6 is 0 Å². The Bertz CT molecular complexity index is 1140. The zero-order valence-corrected chi connectivity index (χ0v) is 20.8. The maximum Gasteiger partial charge on any atom is 0.350 e.